The van der Waals surface area contributed by atoms with Gasteiger partial charge in [-0.25, -0.2) is 0 Å². The molecule has 0 radical (unpaired) electrons. The second-order valence-electron chi connectivity index (χ2n) is 6.21. The van der Waals surface area contributed by atoms with Crippen LogP contribution >= 0.6 is 0 Å². The first-order valence-electron chi connectivity index (χ1n) is 9.09. The van der Waals surface area contributed by atoms with Crippen LogP contribution in [0.1, 0.15) is 56.2 Å². The van der Waals surface area contributed by atoms with Gasteiger partial charge < -0.3 is 8.85 Å². The Balaban J connectivity index is 2.54. The lowest BCUT2D eigenvalue weighted by atomic mass is 10.00. The van der Waals surface area contributed by atoms with Crippen LogP contribution in [-0.4, -0.2) is 22.5 Å². The Morgan fingerprint density at radius 1 is 0.741 bits per heavy atom. The maximum absolute atomic E-state index is 12.8. The largest absolute Gasteiger partial charge is 0.416 e. The Bertz CT molecular complexity index is 522. The standard InChI is InChI=1S/C18H26F6O2Si/c1-3-25-27(26-4-2)10-8-6-5-7-9-14-11-15(17(19,20)21)13-16(12-14)18(22,23)24/h11-13,27H,3-10H2,1-2H3. The van der Waals surface area contributed by atoms with Gasteiger partial charge >= 0.3 is 21.6 Å². The monoisotopic (exact) mass is 416 g/mol. The van der Waals surface area contributed by atoms with Crippen LogP contribution in [0.5, 0.6) is 0 Å². The molecule has 2 nitrogen and oxygen atoms in total. The number of unbranched alkanes of at least 4 members (excludes halogenated alkanes) is 3. The Hall–Kier alpha value is -1.06. The molecule has 0 aliphatic rings. The molecule has 27 heavy (non-hydrogen) atoms. The van der Waals surface area contributed by atoms with Gasteiger partial charge in [-0.2, -0.15) is 26.3 Å². The van der Waals surface area contributed by atoms with Crippen LogP contribution < -0.4 is 0 Å². The van der Waals surface area contributed by atoms with Crippen LogP contribution in [0.4, 0.5) is 26.3 Å². The van der Waals surface area contributed by atoms with E-state index < -0.39 is 32.8 Å². The van der Waals surface area contributed by atoms with Gasteiger partial charge in [-0.3, -0.25) is 0 Å². The number of alkyl halides is 6. The lowest BCUT2D eigenvalue weighted by Crippen LogP contribution is -2.22. The molecule has 0 amide bonds. The lowest BCUT2D eigenvalue weighted by Gasteiger charge is -2.15. The third-order valence-electron chi connectivity index (χ3n) is 4.01. The van der Waals surface area contributed by atoms with Crippen molar-refractivity contribution in [2.75, 3.05) is 13.2 Å². The van der Waals surface area contributed by atoms with E-state index in [9.17, 15) is 26.3 Å². The molecule has 1 rings (SSSR count). The average Bonchev–Trinajstić information content (AvgIpc) is 2.56. The summed E-state index contributed by atoms with van der Waals surface area (Å²) < 4.78 is 88.1. The van der Waals surface area contributed by atoms with Crippen molar-refractivity contribution in [1.82, 2.24) is 0 Å². The summed E-state index contributed by atoms with van der Waals surface area (Å²) in [5, 5.41) is 0. The minimum absolute atomic E-state index is 0.0630. The van der Waals surface area contributed by atoms with Gasteiger partial charge in [-0.1, -0.05) is 19.3 Å². The molecule has 0 aliphatic heterocycles. The molecule has 0 aromatic heterocycles. The number of benzene rings is 1. The number of aryl methyl sites for hydroxylation is 1. The molecule has 0 saturated heterocycles. The molecule has 0 saturated carbocycles. The maximum Gasteiger partial charge on any atom is 0.416 e. The second kappa shape index (κ2) is 11.1. The predicted octanol–water partition coefficient (Wildman–Crippen LogP) is 6.12. The van der Waals surface area contributed by atoms with Gasteiger partial charge in [0.1, 0.15) is 0 Å². The van der Waals surface area contributed by atoms with Crippen molar-refractivity contribution >= 4 is 9.28 Å². The molecule has 0 unspecified atom stereocenters. The van der Waals surface area contributed by atoms with E-state index in [2.05, 4.69) is 0 Å². The third-order valence-corrected chi connectivity index (χ3v) is 6.30. The van der Waals surface area contributed by atoms with Crippen molar-refractivity contribution < 1.29 is 35.2 Å². The molecule has 0 fully saturated rings. The number of halogens is 6. The molecular formula is C18H26F6O2Si. The minimum atomic E-state index is -4.80. The summed E-state index contributed by atoms with van der Waals surface area (Å²) in [5.41, 5.74) is -2.45. The van der Waals surface area contributed by atoms with Crippen LogP contribution in [0, 0.1) is 0 Å². The van der Waals surface area contributed by atoms with Crippen molar-refractivity contribution in [2.45, 2.75) is 64.3 Å². The Morgan fingerprint density at radius 3 is 1.67 bits per heavy atom. The number of rotatable bonds is 11. The summed E-state index contributed by atoms with van der Waals surface area (Å²) >= 11 is 0. The predicted molar refractivity (Wildman–Crippen MR) is 93.8 cm³/mol. The summed E-state index contributed by atoms with van der Waals surface area (Å²) in [6.07, 6.45) is -6.42. The minimum Gasteiger partial charge on any atom is -0.397 e. The van der Waals surface area contributed by atoms with Crippen molar-refractivity contribution in [3.63, 3.8) is 0 Å². The van der Waals surface area contributed by atoms with E-state index in [-0.39, 0.29) is 18.1 Å². The fourth-order valence-electron chi connectivity index (χ4n) is 2.74. The fourth-order valence-corrected chi connectivity index (χ4v) is 4.54. The third kappa shape index (κ3) is 9.12. The summed E-state index contributed by atoms with van der Waals surface area (Å²) in [4.78, 5) is 0. The van der Waals surface area contributed by atoms with Gasteiger partial charge in [-0.15, -0.1) is 0 Å². The van der Waals surface area contributed by atoms with Crippen LogP contribution in [-0.2, 0) is 27.6 Å². The highest BCUT2D eigenvalue weighted by atomic mass is 28.3. The Kier molecular flexibility index (Phi) is 9.82. The topological polar surface area (TPSA) is 18.5 Å². The smallest absolute Gasteiger partial charge is 0.397 e. The molecule has 0 heterocycles. The number of hydrogen-bond donors (Lipinski definition) is 0. The van der Waals surface area contributed by atoms with Crippen LogP contribution in [0.25, 0.3) is 0 Å². The van der Waals surface area contributed by atoms with E-state index in [0.717, 1.165) is 37.4 Å². The van der Waals surface area contributed by atoms with Gasteiger partial charge in [0.25, 0.3) is 0 Å². The molecule has 0 spiro atoms. The first-order valence-corrected chi connectivity index (χ1v) is 10.9. The van der Waals surface area contributed by atoms with Crippen molar-refractivity contribution in [3.05, 3.63) is 34.9 Å². The Morgan fingerprint density at radius 2 is 1.22 bits per heavy atom. The molecule has 1 aromatic carbocycles. The lowest BCUT2D eigenvalue weighted by molar-refractivity contribution is -0.143. The van der Waals surface area contributed by atoms with E-state index in [1.165, 1.54) is 0 Å². The fraction of sp³-hybridized carbons (Fsp3) is 0.667. The van der Waals surface area contributed by atoms with E-state index in [4.69, 9.17) is 8.85 Å². The van der Waals surface area contributed by atoms with Crippen LogP contribution in [0.3, 0.4) is 0 Å². The highest BCUT2D eigenvalue weighted by Gasteiger charge is 2.36. The van der Waals surface area contributed by atoms with Crippen LogP contribution in [0.15, 0.2) is 18.2 Å². The normalized spacial score (nSPS) is 12.8. The molecule has 9 heteroatoms. The molecule has 0 atom stereocenters. The molecule has 1 aromatic rings. The summed E-state index contributed by atoms with van der Waals surface area (Å²) in [7, 11) is -1.65. The quantitative estimate of drug-likeness (QED) is 0.246. The van der Waals surface area contributed by atoms with E-state index in [1.807, 2.05) is 13.8 Å². The summed E-state index contributed by atoms with van der Waals surface area (Å²) in [5.74, 6) is 0. The highest BCUT2D eigenvalue weighted by molar-refractivity contribution is 6.44. The van der Waals surface area contributed by atoms with Gasteiger partial charge in [0.05, 0.1) is 11.1 Å². The van der Waals surface area contributed by atoms with E-state index in [0.29, 0.717) is 19.6 Å². The van der Waals surface area contributed by atoms with Crippen molar-refractivity contribution in [2.24, 2.45) is 0 Å². The van der Waals surface area contributed by atoms with Gasteiger partial charge in [0.2, 0.25) is 0 Å². The first kappa shape index (κ1) is 24.0. The Labute approximate surface area is 157 Å². The van der Waals surface area contributed by atoms with E-state index >= 15 is 0 Å². The highest BCUT2D eigenvalue weighted by Crippen LogP contribution is 2.36. The summed E-state index contributed by atoms with van der Waals surface area (Å²) in [6, 6.07) is 2.63. The van der Waals surface area contributed by atoms with Crippen molar-refractivity contribution in [3.8, 4) is 0 Å². The molecule has 0 aliphatic carbocycles. The zero-order chi connectivity index (χ0) is 20.5. The molecule has 156 valence electrons. The molecule has 0 bridgehead atoms. The zero-order valence-electron chi connectivity index (χ0n) is 15.6. The molecule has 0 N–H and O–H groups in total. The van der Waals surface area contributed by atoms with Crippen LogP contribution in [0.2, 0.25) is 6.04 Å². The van der Waals surface area contributed by atoms with Gasteiger partial charge in [0, 0.05) is 13.2 Å². The SMILES string of the molecule is CCO[SiH](CCCCCCc1cc(C(F)(F)F)cc(C(F)(F)F)c1)OCC. The second-order valence-corrected chi connectivity index (χ2v) is 8.31. The van der Waals surface area contributed by atoms with Gasteiger partial charge in [-0.05, 0) is 56.5 Å². The first-order chi connectivity index (χ1) is 12.6. The number of hydrogen-bond acceptors (Lipinski definition) is 2. The van der Waals surface area contributed by atoms with E-state index in [1.54, 1.807) is 0 Å². The average molecular weight is 416 g/mol. The maximum atomic E-state index is 12.8. The summed E-state index contributed by atoms with van der Waals surface area (Å²) in [6.45, 7) is 5.02. The zero-order valence-corrected chi connectivity index (χ0v) is 16.7. The molecular weight excluding hydrogens is 390 g/mol. The van der Waals surface area contributed by atoms with Crippen molar-refractivity contribution in [1.29, 1.82) is 0 Å². The van der Waals surface area contributed by atoms with Gasteiger partial charge in [0.15, 0.2) is 0 Å².